The Kier molecular flexibility index (Phi) is 5.37. The minimum atomic E-state index is -1.09. The number of anilines is 1. The zero-order valence-corrected chi connectivity index (χ0v) is 16.7. The van der Waals surface area contributed by atoms with Crippen LogP contribution in [0.4, 0.5) is 10.1 Å². The van der Waals surface area contributed by atoms with E-state index in [1.807, 2.05) is 24.3 Å². The zero-order chi connectivity index (χ0) is 21.3. The van der Waals surface area contributed by atoms with Gasteiger partial charge in [-0.25, -0.2) is 9.18 Å². The Bertz CT molecular complexity index is 1120. The van der Waals surface area contributed by atoms with Crippen molar-refractivity contribution in [3.8, 4) is 16.9 Å². The number of amides is 1. The van der Waals surface area contributed by atoms with Crippen molar-refractivity contribution in [1.29, 1.82) is 0 Å². The summed E-state index contributed by atoms with van der Waals surface area (Å²) in [5.74, 6) is -1.30. The SMILES string of the molecule is C=CCOc1ccc(C2CC(=O)Nc3c2sc(C(=O)O)c3-c2ccc(F)cc2)cc1. The number of fused-ring (bicyclic) bond motifs is 1. The summed E-state index contributed by atoms with van der Waals surface area (Å²) in [6.07, 6.45) is 1.87. The fraction of sp³-hybridized carbons (Fsp3) is 0.130. The van der Waals surface area contributed by atoms with Crippen LogP contribution in [0.2, 0.25) is 0 Å². The van der Waals surface area contributed by atoms with E-state index in [0.717, 1.165) is 21.8 Å². The van der Waals surface area contributed by atoms with Crippen molar-refractivity contribution < 1.29 is 23.8 Å². The maximum Gasteiger partial charge on any atom is 0.346 e. The summed E-state index contributed by atoms with van der Waals surface area (Å²) in [6.45, 7) is 4.01. The molecule has 0 spiro atoms. The molecular formula is C23H18FNO4S. The molecule has 0 fully saturated rings. The van der Waals surface area contributed by atoms with Gasteiger partial charge < -0.3 is 15.2 Å². The van der Waals surface area contributed by atoms with Crippen molar-refractivity contribution in [2.45, 2.75) is 12.3 Å². The lowest BCUT2D eigenvalue weighted by Crippen LogP contribution is -2.22. The molecule has 2 N–H and O–H groups in total. The largest absolute Gasteiger partial charge is 0.490 e. The molecule has 4 rings (SSSR count). The summed E-state index contributed by atoms with van der Waals surface area (Å²) in [4.78, 5) is 25.3. The second-order valence-electron chi connectivity index (χ2n) is 6.83. The number of aromatic carboxylic acids is 1. The molecule has 1 aliphatic rings. The smallest absolute Gasteiger partial charge is 0.346 e. The third-order valence-corrected chi connectivity index (χ3v) is 6.17. The highest BCUT2D eigenvalue weighted by Crippen LogP contribution is 2.49. The molecule has 1 aromatic heterocycles. The molecule has 0 saturated heterocycles. The van der Waals surface area contributed by atoms with Crippen molar-refractivity contribution in [3.05, 3.63) is 82.3 Å². The predicted octanol–water partition coefficient (Wildman–Crippen LogP) is 5.29. The maximum absolute atomic E-state index is 13.4. The van der Waals surface area contributed by atoms with Crippen LogP contribution in [0.25, 0.3) is 11.1 Å². The van der Waals surface area contributed by atoms with Gasteiger partial charge in [-0.05, 0) is 35.4 Å². The molecule has 1 aliphatic heterocycles. The number of nitrogens with one attached hydrogen (secondary N) is 1. The number of hydrogen-bond donors (Lipinski definition) is 2. The number of thiophene rings is 1. The van der Waals surface area contributed by atoms with Gasteiger partial charge >= 0.3 is 5.97 Å². The molecule has 0 saturated carbocycles. The first-order valence-corrected chi connectivity index (χ1v) is 10.1. The summed E-state index contributed by atoms with van der Waals surface area (Å²) >= 11 is 1.14. The van der Waals surface area contributed by atoms with Crippen LogP contribution >= 0.6 is 11.3 Å². The van der Waals surface area contributed by atoms with Crippen LogP contribution in [0.3, 0.4) is 0 Å². The fourth-order valence-electron chi connectivity index (χ4n) is 3.55. The minimum Gasteiger partial charge on any atom is -0.490 e. The Labute approximate surface area is 176 Å². The molecule has 0 bridgehead atoms. The number of carbonyl (C=O) groups is 2. The highest BCUT2D eigenvalue weighted by atomic mass is 32.1. The van der Waals surface area contributed by atoms with Crippen LogP contribution in [0.15, 0.2) is 61.2 Å². The molecule has 2 aromatic carbocycles. The lowest BCUT2D eigenvalue weighted by atomic mass is 9.88. The van der Waals surface area contributed by atoms with Gasteiger partial charge in [0.1, 0.15) is 23.1 Å². The Hall–Kier alpha value is -3.45. The van der Waals surface area contributed by atoms with E-state index in [1.54, 1.807) is 6.08 Å². The zero-order valence-electron chi connectivity index (χ0n) is 15.9. The molecule has 2 heterocycles. The molecule has 7 heteroatoms. The fourth-order valence-corrected chi connectivity index (χ4v) is 4.80. The van der Waals surface area contributed by atoms with Crippen LogP contribution in [0, 0.1) is 5.82 Å². The first-order chi connectivity index (χ1) is 14.5. The van der Waals surface area contributed by atoms with Crippen LogP contribution in [0.1, 0.15) is 32.5 Å². The Morgan fingerprint density at radius 3 is 2.57 bits per heavy atom. The molecule has 30 heavy (non-hydrogen) atoms. The standard InChI is InChI=1S/C23H18FNO4S/c1-2-11-29-16-9-5-13(6-10-16)17-12-18(26)25-20-19(14-3-7-15(24)8-4-14)22(23(27)28)30-21(17)20/h2-10,17H,1,11-12H2,(H,25,26)(H,27,28). The molecule has 1 atom stereocenters. The van der Waals surface area contributed by atoms with Gasteiger partial charge in [-0.15, -0.1) is 11.3 Å². The summed E-state index contributed by atoms with van der Waals surface area (Å²) in [5, 5.41) is 12.6. The molecule has 3 aromatic rings. The lowest BCUT2D eigenvalue weighted by molar-refractivity contribution is -0.116. The number of halogens is 1. The number of carboxylic acids is 1. The number of ether oxygens (including phenoxy) is 1. The monoisotopic (exact) mass is 423 g/mol. The van der Waals surface area contributed by atoms with Crippen LogP contribution in [-0.2, 0) is 4.79 Å². The van der Waals surface area contributed by atoms with Crippen LogP contribution < -0.4 is 10.1 Å². The van der Waals surface area contributed by atoms with E-state index in [-0.39, 0.29) is 23.1 Å². The third-order valence-electron chi connectivity index (χ3n) is 4.88. The summed E-state index contributed by atoms with van der Waals surface area (Å²) in [7, 11) is 0. The van der Waals surface area contributed by atoms with Crippen LogP contribution in [-0.4, -0.2) is 23.6 Å². The van der Waals surface area contributed by atoms with Crippen molar-refractivity contribution in [1.82, 2.24) is 0 Å². The second kappa shape index (κ2) is 8.12. The normalized spacial score (nSPS) is 15.2. The Morgan fingerprint density at radius 2 is 1.93 bits per heavy atom. The molecule has 0 aliphatic carbocycles. The van der Waals surface area contributed by atoms with E-state index in [1.165, 1.54) is 24.3 Å². The van der Waals surface area contributed by atoms with E-state index in [2.05, 4.69) is 11.9 Å². The first-order valence-electron chi connectivity index (χ1n) is 9.27. The van der Waals surface area contributed by atoms with E-state index < -0.39 is 11.8 Å². The molecule has 1 unspecified atom stereocenters. The molecule has 5 nitrogen and oxygen atoms in total. The number of carbonyl (C=O) groups excluding carboxylic acids is 1. The van der Waals surface area contributed by atoms with E-state index in [9.17, 15) is 19.1 Å². The number of hydrogen-bond acceptors (Lipinski definition) is 4. The van der Waals surface area contributed by atoms with Crippen molar-refractivity contribution in [2.24, 2.45) is 0 Å². The summed E-state index contributed by atoms with van der Waals surface area (Å²) in [6, 6.07) is 13.0. The topological polar surface area (TPSA) is 75.6 Å². The number of rotatable bonds is 6. The molecule has 1 amide bonds. The van der Waals surface area contributed by atoms with Crippen LogP contribution in [0.5, 0.6) is 5.75 Å². The molecule has 152 valence electrons. The first kappa shape index (κ1) is 19.8. The molecule has 0 radical (unpaired) electrons. The van der Waals surface area contributed by atoms with E-state index in [0.29, 0.717) is 29.2 Å². The Morgan fingerprint density at radius 1 is 1.23 bits per heavy atom. The highest BCUT2D eigenvalue weighted by Gasteiger charge is 2.34. The predicted molar refractivity (Wildman–Crippen MR) is 114 cm³/mol. The van der Waals surface area contributed by atoms with E-state index >= 15 is 0 Å². The van der Waals surface area contributed by atoms with Gasteiger partial charge in [-0.1, -0.05) is 36.9 Å². The number of carboxylic acid groups (broad SMARTS) is 1. The van der Waals surface area contributed by atoms with Gasteiger partial charge in [0, 0.05) is 22.8 Å². The van der Waals surface area contributed by atoms with Crippen molar-refractivity contribution in [2.75, 3.05) is 11.9 Å². The van der Waals surface area contributed by atoms with Gasteiger partial charge in [0.2, 0.25) is 5.91 Å². The summed E-state index contributed by atoms with van der Waals surface area (Å²) in [5.41, 5.74) is 2.32. The average molecular weight is 423 g/mol. The third kappa shape index (κ3) is 3.71. The van der Waals surface area contributed by atoms with Gasteiger partial charge in [0.25, 0.3) is 0 Å². The maximum atomic E-state index is 13.4. The average Bonchev–Trinajstić information content (AvgIpc) is 3.12. The lowest BCUT2D eigenvalue weighted by Gasteiger charge is -2.24. The van der Waals surface area contributed by atoms with Gasteiger partial charge in [-0.2, -0.15) is 0 Å². The van der Waals surface area contributed by atoms with Gasteiger partial charge in [0.05, 0.1) is 5.69 Å². The Balaban J connectivity index is 1.80. The minimum absolute atomic E-state index is 0.116. The van der Waals surface area contributed by atoms with Crippen molar-refractivity contribution in [3.63, 3.8) is 0 Å². The quantitative estimate of drug-likeness (QED) is 0.528. The van der Waals surface area contributed by atoms with Gasteiger partial charge in [-0.3, -0.25) is 4.79 Å². The van der Waals surface area contributed by atoms with E-state index in [4.69, 9.17) is 4.74 Å². The second-order valence-corrected chi connectivity index (χ2v) is 7.88. The number of benzene rings is 2. The highest BCUT2D eigenvalue weighted by molar-refractivity contribution is 7.15. The van der Waals surface area contributed by atoms with Gasteiger partial charge in [0.15, 0.2) is 0 Å². The molecular weight excluding hydrogens is 405 g/mol. The van der Waals surface area contributed by atoms with Crippen molar-refractivity contribution >= 4 is 28.9 Å². The summed E-state index contributed by atoms with van der Waals surface area (Å²) < 4.78 is 18.9.